The van der Waals surface area contributed by atoms with Crippen LogP contribution in [0.2, 0.25) is 0 Å². The zero-order valence-corrected chi connectivity index (χ0v) is 14.4. The zero-order valence-electron chi connectivity index (χ0n) is 14.4. The van der Waals surface area contributed by atoms with Crippen LogP contribution in [0.3, 0.4) is 0 Å². The molecule has 21 heavy (non-hydrogen) atoms. The van der Waals surface area contributed by atoms with Gasteiger partial charge in [-0.05, 0) is 53.2 Å². The van der Waals surface area contributed by atoms with Gasteiger partial charge in [-0.15, -0.1) is 0 Å². The quantitative estimate of drug-likeness (QED) is 0.730. The second-order valence-corrected chi connectivity index (χ2v) is 7.04. The van der Waals surface area contributed by atoms with Crippen molar-refractivity contribution in [2.75, 3.05) is 34.2 Å². The molecule has 0 saturated heterocycles. The summed E-state index contributed by atoms with van der Waals surface area (Å²) >= 11 is 0. The van der Waals surface area contributed by atoms with Crippen LogP contribution in [0.5, 0.6) is 0 Å². The van der Waals surface area contributed by atoms with Crippen molar-refractivity contribution in [1.29, 1.82) is 0 Å². The summed E-state index contributed by atoms with van der Waals surface area (Å²) in [5.41, 5.74) is 0.215. The number of carbonyl (C=O) groups excluding carboxylic acids is 2. The van der Waals surface area contributed by atoms with Crippen LogP contribution in [0, 0.1) is 5.92 Å². The van der Waals surface area contributed by atoms with E-state index in [9.17, 15) is 9.59 Å². The summed E-state index contributed by atoms with van der Waals surface area (Å²) < 4.78 is 0. The molecule has 1 unspecified atom stereocenters. The summed E-state index contributed by atoms with van der Waals surface area (Å²) in [5, 5.41) is 2.85. The summed E-state index contributed by atoms with van der Waals surface area (Å²) in [6.45, 7) is 6.66. The fraction of sp³-hybridized carbons (Fsp3) is 0.875. The van der Waals surface area contributed by atoms with E-state index in [4.69, 9.17) is 0 Å². The topological polar surface area (TPSA) is 52.7 Å². The molecule has 0 heterocycles. The fourth-order valence-electron chi connectivity index (χ4n) is 3.09. The van der Waals surface area contributed by atoms with Gasteiger partial charge in [0.1, 0.15) is 0 Å². The third-order valence-electron chi connectivity index (χ3n) is 4.63. The molecule has 5 heteroatoms. The Hall–Kier alpha value is -0.940. The number of carbonyl (C=O) groups is 2. The van der Waals surface area contributed by atoms with Crippen LogP contribution < -0.4 is 5.32 Å². The Labute approximate surface area is 129 Å². The van der Waals surface area contributed by atoms with E-state index < -0.39 is 0 Å². The maximum absolute atomic E-state index is 12.1. The second kappa shape index (κ2) is 7.36. The molecular weight excluding hydrogens is 266 g/mol. The zero-order chi connectivity index (χ0) is 16.2. The number of likely N-dealkylation sites (N-methyl/N-ethyl adjacent to an activating group) is 2. The summed E-state index contributed by atoms with van der Waals surface area (Å²) in [6.07, 6.45) is 3.64. The number of nitrogens with one attached hydrogen (secondary N) is 1. The van der Waals surface area contributed by atoms with E-state index in [0.717, 1.165) is 6.54 Å². The summed E-state index contributed by atoms with van der Waals surface area (Å²) in [5.74, 6) is 0.0703. The Balaban J connectivity index is 2.48. The van der Waals surface area contributed by atoms with Crippen molar-refractivity contribution in [3.63, 3.8) is 0 Å². The van der Waals surface area contributed by atoms with E-state index in [1.54, 1.807) is 0 Å². The molecule has 0 bridgehead atoms. The minimum atomic E-state index is -0.377. The van der Waals surface area contributed by atoms with Gasteiger partial charge in [0, 0.05) is 12.1 Å². The maximum Gasteiger partial charge on any atom is 0.234 e. The lowest BCUT2D eigenvalue weighted by Crippen LogP contribution is -2.58. The Bertz CT molecular complexity index is 376. The first-order valence-corrected chi connectivity index (χ1v) is 7.84. The van der Waals surface area contributed by atoms with Crippen LogP contribution in [-0.2, 0) is 9.59 Å². The van der Waals surface area contributed by atoms with Crippen molar-refractivity contribution in [1.82, 2.24) is 15.1 Å². The monoisotopic (exact) mass is 297 g/mol. The highest BCUT2D eigenvalue weighted by molar-refractivity contribution is 5.88. The van der Waals surface area contributed by atoms with Gasteiger partial charge in [-0.2, -0.15) is 0 Å². The van der Waals surface area contributed by atoms with E-state index >= 15 is 0 Å². The van der Waals surface area contributed by atoms with Crippen molar-refractivity contribution in [3.8, 4) is 0 Å². The molecule has 1 rings (SSSR count). The Kier molecular flexibility index (Phi) is 6.35. The van der Waals surface area contributed by atoms with Crippen LogP contribution >= 0.6 is 0 Å². The molecule has 1 aliphatic carbocycles. The van der Waals surface area contributed by atoms with Gasteiger partial charge in [0.05, 0.1) is 12.6 Å². The molecule has 1 aliphatic rings. The first-order chi connectivity index (χ1) is 9.68. The molecule has 5 nitrogen and oxygen atoms in total. The first kappa shape index (κ1) is 18.1. The van der Waals surface area contributed by atoms with Gasteiger partial charge in [-0.3, -0.25) is 14.5 Å². The molecule has 0 radical (unpaired) electrons. The van der Waals surface area contributed by atoms with Crippen molar-refractivity contribution in [3.05, 3.63) is 0 Å². The predicted octanol–water partition coefficient (Wildman–Crippen LogP) is 1.13. The minimum absolute atomic E-state index is 0.0183. The lowest BCUT2D eigenvalue weighted by Gasteiger charge is -2.49. The minimum Gasteiger partial charge on any atom is -0.345 e. The van der Waals surface area contributed by atoms with E-state index in [1.165, 1.54) is 26.2 Å². The molecule has 1 N–H and O–H groups in total. The highest BCUT2D eigenvalue weighted by Crippen LogP contribution is 2.36. The van der Waals surface area contributed by atoms with Crippen LogP contribution in [0.4, 0.5) is 0 Å². The molecule has 1 fully saturated rings. The molecule has 0 aliphatic heterocycles. The lowest BCUT2D eigenvalue weighted by molar-refractivity contribution is -0.128. The molecular formula is C16H31N3O2. The van der Waals surface area contributed by atoms with Crippen molar-refractivity contribution >= 4 is 11.7 Å². The van der Waals surface area contributed by atoms with Gasteiger partial charge >= 0.3 is 0 Å². The SMILES string of the molecule is CC(=O)C(NC(=O)CN(C)CC1(N(C)C)CCC1)C(C)C. The van der Waals surface area contributed by atoms with E-state index in [-0.39, 0.29) is 29.2 Å². The molecule has 0 aromatic rings. The number of rotatable bonds is 8. The summed E-state index contributed by atoms with van der Waals surface area (Å²) in [4.78, 5) is 28.0. The van der Waals surface area contributed by atoms with E-state index in [0.29, 0.717) is 6.54 Å². The van der Waals surface area contributed by atoms with Crippen LogP contribution in [0.25, 0.3) is 0 Å². The lowest BCUT2D eigenvalue weighted by atomic mass is 9.75. The Morgan fingerprint density at radius 1 is 1.19 bits per heavy atom. The number of amides is 1. The van der Waals surface area contributed by atoms with Gasteiger partial charge in [0.2, 0.25) is 5.91 Å². The van der Waals surface area contributed by atoms with Crippen LogP contribution in [-0.4, -0.2) is 67.3 Å². The predicted molar refractivity (Wildman–Crippen MR) is 85.2 cm³/mol. The third-order valence-corrected chi connectivity index (χ3v) is 4.63. The van der Waals surface area contributed by atoms with E-state index in [1.807, 2.05) is 20.9 Å². The van der Waals surface area contributed by atoms with Gasteiger partial charge in [-0.1, -0.05) is 13.8 Å². The van der Waals surface area contributed by atoms with E-state index in [2.05, 4.69) is 29.2 Å². The molecule has 0 aromatic heterocycles. The van der Waals surface area contributed by atoms with Crippen molar-refractivity contribution < 1.29 is 9.59 Å². The highest BCUT2D eigenvalue weighted by atomic mass is 16.2. The second-order valence-electron chi connectivity index (χ2n) is 7.04. The molecule has 1 amide bonds. The number of nitrogens with zero attached hydrogens (tertiary/aromatic N) is 2. The largest absolute Gasteiger partial charge is 0.345 e. The summed E-state index contributed by atoms with van der Waals surface area (Å²) in [6, 6.07) is -0.377. The van der Waals surface area contributed by atoms with Gasteiger partial charge in [0.15, 0.2) is 5.78 Å². The molecule has 1 atom stereocenters. The highest BCUT2D eigenvalue weighted by Gasteiger charge is 2.40. The number of ketones is 1. The molecule has 122 valence electrons. The third kappa shape index (κ3) is 4.78. The first-order valence-electron chi connectivity index (χ1n) is 7.84. The number of Topliss-reactive ketones (excluding diaryl/α,β-unsaturated/α-hetero) is 1. The number of hydrogen-bond acceptors (Lipinski definition) is 4. The summed E-state index contributed by atoms with van der Waals surface area (Å²) in [7, 11) is 6.19. The molecule has 0 aromatic carbocycles. The van der Waals surface area contributed by atoms with Crippen LogP contribution in [0.15, 0.2) is 0 Å². The van der Waals surface area contributed by atoms with Gasteiger partial charge in [0.25, 0.3) is 0 Å². The smallest absolute Gasteiger partial charge is 0.234 e. The Morgan fingerprint density at radius 2 is 1.76 bits per heavy atom. The van der Waals surface area contributed by atoms with Gasteiger partial charge in [-0.25, -0.2) is 0 Å². The van der Waals surface area contributed by atoms with Gasteiger partial charge < -0.3 is 10.2 Å². The maximum atomic E-state index is 12.1. The average molecular weight is 297 g/mol. The number of hydrogen-bond donors (Lipinski definition) is 1. The fourth-order valence-corrected chi connectivity index (χ4v) is 3.09. The average Bonchev–Trinajstić information content (AvgIpc) is 2.29. The molecule has 1 saturated carbocycles. The van der Waals surface area contributed by atoms with Crippen molar-refractivity contribution in [2.45, 2.75) is 51.6 Å². The Morgan fingerprint density at radius 3 is 2.10 bits per heavy atom. The van der Waals surface area contributed by atoms with Crippen molar-refractivity contribution in [2.24, 2.45) is 5.92 Å². The standard InChI is InChI=1S/C16H31N3O2/c1-12(2)15(13(3)20)17-14(21)10-19(6)11-16(18(4)5)8-7-9-16/h12,15H,7-11H2,1-6H3,(H,17,21). The molecule has 0 spiro atoms. The van der Waals surface area contributed by atoms with Crippen LogP contribution in [0.1, 0.15) is 40.0 Å². The normalized spacial score (nSPS) is 18.7.